The maximum atomic E-state index is 12.2. The van der Waals surface area contributed by atoms with Crippen LogP contribution in [0, 0.1) is 0 Å². The third-order valence-electron chi connectivity index (χ3n) is 2.87. The number of carbonyl (C=O) groups is 1. The van der Waals surface area contributed by atoms with Gasteiger partial charge in [0, 0.05) is 35.5 Å². The average molecular weight is 369 g/mol. The van der Waals surface area contributed by atoms with E-state index in [-0.39, 0.29) is 5.91 Å². The van der Waals surface area contributed by atoms with E-state index in [2.05, 4.69) is 21.2 Å². The molecule has 6 heteroatoms. The minimum absolute atomic E-state index is 0.239. The first kappa shape index (κ1) is 15.7. The van der Waals surface area contributed by atoms with Gasteiger partial charge in [-0.25, -0.2) is 0 Å². The lowest BCUT2D eigenvalue weighted by molar-refractivity contribution is 0.102. The van der Waals surface area contributed by atoms with E-state index in [0.717, 1.165) is 10.2 Å². The molecule has 0 spiro atoms. The summed E-state index contributed by atoms with van der Waals surface area (Å²) >= 11 is 9.50. The molecule has 0 saturated heterocycles. The summed E-state index contributed by atoms with van der Waals surface area (Å²) in [5.41, 5.74) is 8.26. The molecule has 110 valence electrons. The van der Waals surface area contributed by atoms with Gasteiger partial charge in [0.2, 0.25) is 0 Å². The molecule has 21 heavy (non-hydrogen) atoms. The molecule has 0 atom stereocenters. The zero-order valence-corrected chi connectivity index (χ0v) is 14.0. The normalized spacial score (nSPS) is 10.3. The van der Waals surface area contributed by atoms with E-state index in [0.29, 0.717) is 22.0 Å². The molecule has 0 radical (unpaired) electrons. The average Bonchev–Trinajstić information content (AvgIpc) is 2.37. The van der Waals surface area contributed by atoms with Gasteiger partial charge in [-0.1, -0.05) is 27.5 Å². The molecule has 0 aliphatic rings. The summed E-state index contributed by atoms with van der Waals surface area (Å²) in [4.78, 5) is 14.1. The Hall–Kier alpha value is -1.72. The lowest BCUT2D eigenvalue weighted by Crippen LogP contribution is -2.13. The molecule has 0 unspecified atom stereocenters. The van der Waals surface area contributed by atoms with Crippen LogP contribution in [0.15, 0.2) is 40.9 Å². The second-order valence-electron chi connectivity index (χ2n) is 4.79. The van der Waals surface area contributed by atoms with Crippen LogP contribution in [0.2, 0.25) is 5.02 Å². The fourth-order valence-corrected chi connectivity index (χ4v) is 2.75. The van der Waals surface area contributed by atoms with Gasteiger partial charge >= 0.3 is 0 Å². The summed E-state index contributed by atoms with van der Waals surface area (Å²) in [6, 6.07) is 10.4. The van der Waals surface area contributed by atoms with E-state index in [1.807, 2.05) is 25.1 Å². The van der Waals surface area contributed by atoms with Gasteiger partial charge in [-0.15, -0.1) is 0 Å². The van der Waals surface area contributed by atoms with Crippen molar-refractivity contribution in [2.24, 2.45) is 0 Å². The Balaban J connectivity index is 2.21. The number of rotatable bonds is 3. The number of hydrogen-bond acceptors (Lipinski definition) is 3. The summed E-state index contributed by atoms with van der Waals surface area (Å²) in [5, 5.41) is 3.38. The van der Waals surface area contributed by atoms with Gasteiger partial charge in [-0.2, -0.15) is 0 Å². The molecule has 0 saturated carbocycles. The lowest BCUT2D eigenvalue weighted by atomic mass is 10.2. The van der Waals surface area contributed by atoms with Gasteiger partial charge in [0.25, 0.3) is 5.91 Å². The molecule has 2 aromatic rings. The largest absolute Gasteiger partial charge is 0.399 e. The standard InChI is InChI=1S/C15H15BrClN3O/c1-20(2)14-4-3-12(8-13(14)17)19-15(21)9-5-10(16)7-11(18)6-9/h3-8H,18H2,1-2H3,(H,19,21). The Morgan fingerprint density at radius 3 is 2.52 bits per heavy atom. The van der Waals surface area contributed by atoms with Crippen LogP contribution < -0.4 is 16.0 Å². The van der Waals surface area contributed by atoms with Crippen molar-refractivity contribution >= 4 is 50.5 Å². The molecule has 0 heterocycles. The molecule has 1 amide bonds. The Morgan fingerprint density at radius 1 is 1.24 bits per heavy atom. The molecule has 0 aliphatic heterocycles. The van der Waals surface area contributed by atoms with Gasteiger partial charge in [-0.3, -0.25) is 4.79 Å². The van der Waals surface area contributed by atoms with Crippen LogP contribution in [0.25, 0.3) is 0 Å². The zero-order chi connectivity index (χ0) is 15.6. The summed E-state index contributed by atoms with van der Waals surface area (Å²) in [6.45, 7) is 0. The smallest absolute Gasteiger partial charge is 0.255 e. The maximum absolute atomic E-state index is 12.2. The minimum atomic E-state index is -0.239. The van der Waals surface area contributed by atoms with Crippen LogP contribution in [0.1, 0.15) is 10.4 Å². The fourth-order valence-electron chi connectivity index (χ4n) is 1.89. The number of halogens is 2. The Bertz CT molecular complexity index is 668. The van der Waals surface area contributed by atoms with Crippen molar-refractivity contribution in [3.63, 3.8) is 0 Å². The number of carbonyl (C=O) groups excluding carboxylic acids is 1. The quantitative estimate of drug-likeness (QED) is 0.805. The van der Waals surface area contributed by atoms with Crippen LogP contribution in [-0.4, -0.2) is 20.0 Å². The molecule has 3 N–H and O–H groups in total. The monoisotopic (exact) mass is 367 g/mol. The molecular weight excluding hydrogens is 354 g/mol. The number of amides is 1. The topological polar surface area (TPSA) is 58.4 Å². The highest BCUT2D eigenvalue weighted by Gasteiger charge is 2.10. The highest BCUT2D eigenvalue weighted by atomic mass is 79.9. The van der Waals surface area contributed by atoms with Crippen molar-refractivity contribution in [2.45, 2.75) is 0 Å². The first-order chi connectivity index (χ1) is 9.86. The molecule has 4 nitrogen and oxygen atoms in total. The summed E-state index contributed by atoms with van der Waals surface area (Å²) in [5.74, 6) is -0.239. The van der Waals surface area contributed by atoms with Crippen molar-refractivity contribution in [2.75, 3.05) is 30.0 Å². The molecule has 0 aliphatic carbocycles. The predicted molar refractivity (Wildman–Crippen MR) is 92.3 cm³/mol. The highest BCUT2D eigenvalue weighted by molar-refractivity contribution is 9.10. The van der Waals surface area contributed by atoms with E-state index >= 15 is 0 Å². The summed E-state index contributed by atoms with van der Waals surface area (Å²) < 4.78 is 0.758. The van der Waals surface area contributed by atoms with Gasteiger partial charge in [-0.05, 0) is 36.4 Å². The molecule has 0 aromatic heterocycles. The summed E-state index contributed by atoms with van der Waals surface area (Å²) in [7, 11) is 3.81. The van der Waals surface area contributed by atoms with Gasteiger partial charge < -0.3 is 16.0 Å². The van der Waals surface area contributed by atoms with E-state index < -0.39 is 0 Å². The van der Waals surface area contributed by atoms with Crippen molar-refractivity contribution < 1.29 is 4.79 Å². The second-order valence-corrected chi connectivity index (χ2v) is 6.11. The number of benzene rings is 2. The number of hydrogen-bond donors (Lipinski definition) is 2. The SMILES string of the molecule is CN(C)c1ccc(NC(=O)c2cc(N)cc(Br)c2)cc1Cl. The Morgan fingerprint density at radius 2 is 1.95 bits per heavy atom. The summed E-state index contributed by atoms with van der Waals surface area (Å²) in [6.07, 6.45) is 0. The van der Waals surface area contributed by atoms with Crippen molar-refractivity contribution in [3.05, 3.63) is 51.5 Å². The number of nitrogens with one attached hydrogen (secondary N) is 1. The van der Waals surface area contributed by atoms with Gasteiger partial charge in [0.1, 0.15) is 0 Å². The van der Waals surface area contributed by atoms with E-state index in [9.17, 15) is 4.79 Å². The van der Waals surface area contributed by atoms with Crippen LogP contribution in [0.5, 0.6) is 0 Å². The third kappa shape index (κ3) is 3.89. The molecule has 0 bridgehead atoms. The first-order valence-corrected chi connectivity index (χ1v) is 7.38. The van der Waals surface area contributed by atoms with Crippen LogP contribution in [0.4, 0.5) is 17.1 Å². The van der Waals surface area contributed by atoms with Gasteiger partial charge in [0.05, 0.1) is 10.7 Å². The molecule has 2 rings (SSSR count). The third-order valence-corrected chi connectivity index (χ3v) is 3.63. The highest BCUT2D eigenvalue weighted by Crippen LogP contribution is 2.28. The lowest BCUT2D eigenvalue weighted by Gasteiger charge is -2.15. The van der Waals surface area contributed by atoms with Crippen molar-refractivity contribution in [1.29, 1.82) is 0 Å². The van der Waals surface area contributed by atoms with E-state index in [1.54, 1.807) is 30.3 Å². The number of anilines is 3. The number of nitrogens with zero attached hydrogens (tertiary/aromatic N) is 1. The van der Waals surface area contributed by atoms with Crippen molar-refractivity contribution in [1.82, 2.24) is 0 Å². The Labute approximate surface area is 137 Å². The minimum Gasteiger partial charge on any atom is -0.399 e. The second kappa shape index (κ2) is 6.37. The first-order valence-electron chi connectivity index (χ1n) is 6.21. The molecular formula is C15H15BrClN3O. The van der Waals surface area contributed by atoms with Crippen LogP contribution in [0.3, 0.4) is 0 Å². The maximum Gasteiger partial charge on any atom is 0.255 e. The molecule has 0 fully saturated rings. The predicted octanol–water partition coefficient (Wildman–Crippen LogP) is 4.00. The van der Waals surface area contributed by atoms with Crippen molar-refractivity contribution in [3.8, 4) is 0 Å². The number of nitrogens with two attached hydrogens (primary N) is 1. The number of nitrogen functional groups attached to an aromatic ring is 1. The van der Waals surface area contributed by atoms with Crippen LogP contribution >= 0.6 is 27.5 Å². The van der Waals surface area contributed by atoms with Crippen LogP contribution in [-0.2, 0) is 0 Å². The van der Waals surface area contributed by atoms with E-state index in [1.165, 1.54) is 0 Å². The Kier molecular flexibility index (Phi) is 4.75. The zero-order valence-electron chi connectivity index (χ0n) is 11.7. The molecule has 2 aromatic carbocycles. The van der Waals surface area contributed by atoms with Gasteiger partial charge in [0.15, 0.2) is 0 Å². The fraction of sp³-hybridized carbons (Fsp3) is 0.133. The van der Waals surface area contributed by atoms with E-state index in [4.69, 9.17) is 17.3 Å².